The molecule has 0 fully saturated rings. The number of fused-ring (bicyclic) bond motifs is 1. The van der Waals surface area contributed by atoms with Crippen molar-refractivity contribution in [3.05, 3.63) is 42.0 Å². The van der Waals surface area contributed by atoms with E-state index in [1.165, 1.54) is 22.1 Å². The Morgan fingerprint density at radius 3 is 2.52 bits per heavy atom. The van der Waals surface area contributed by atoms with Crippen LogP contribution in [-0.2, 0) is 0 Å². The first kappa shape index (κ1) is 16.2. The zero-order valence-electron chi connectivity index (χ0n) is 13.3. The Morgan fingerprint density at radius 1 is 1.10 bits per heavy atom. The van der Waals surface area contributed by atoms with Crippen molar-refractivity contribution >= 4 is 22.5 Å². The predicted molar refractivity (Wildman–Crippen MR) is 94.5 cm³/mol. The molecule has 2 rings (SSSR count). The van der Waals surface area contributed by atoms with Crippen molar-refractivity contribution in [1.29, 1.82) is 0 Å². The van der Waals surface area contributed by atoms with Crippen molar-refractivity contribution in [2.24, 2.45) is 0 Å². The molecule has 0 amide bonds. The van der Waals surface area contributed by atoms with Gasteiger partial charge in [-0.3, -0.25) is 0 Å². The average molecular weight is 303 g/mol. The molecule has 0 aliphatic rings. The molecule has 0 saturated heterocycles. The standard InChI is InChI=1S/C18H25NOS/c1-5-21-12-13(2)19-14(3)15-6-7-17-11-18(20-4)9-8-16(17)10-15/h6-11,13-14,19H,5,12H2,1-4H3. The zero-order chi connectivity index (χ0) is 15.2. The molecule has 0 spiro atoms. The summed E-state index contributed by atoms with van der Waals surface area (Å²) in [5, 5.41) is 6.16. The van der Waals surface area contributed by atoms with Crippen molar-refractivity contribution in [2.45, 2.75) is 32.9 Å². The summed E-state index contributed by atoms with van der Waals surface area (Å²) in [5.74, 6) is 3.25. The van der Waals surface area contributed by atoms with Crippen molar-refractivity contribution in [1.82, 2.24) is 5.32 Å². The molecule has 2 nitrogen and oxygen atoms in total. The number of rotatable bonds is 7. The van der Waals surface area contributed by atoms with E-state index in [2.05, 4.69) is 56.4 Å². The molecule has 2 unspecified atom stereocenters. The van der Waals surface area contributed by atoms with E-state index < -0.39 is 0 Å². The maximum atomic E-state index is 5.28. The molecule has 0 heterocycles. The van der Waals surface area contributed by atoms with Gasteiger partial charge in [0.1, 0.15) is 5.75 Å². The average Bonchev–Trinajstić information content (AvgIpc) is 2.51. The minimum Gasteiger partial charge on any atom is -0.497 e. The minimum absolute atomic E-state index is 0.365. The van der Waals surface area contributed by atoms with Crippen LogP contribution in [0.25, 0.3) is 10.8 Å². The fourth-order valence-electron chi connectivity index (χ4n) is 2.50. The van der Waals surface area contributed by atoms with Crippen LogP contribution < -0.4 is 10.1 Å². The third-order valence-electron chi connectivity index (χ3n) is 3.68. The smallest absolute Gasteiger partial charge is 0.119 e. The molecule has 0 aliphatic heterocycles. The van der Waals surface area contributed by atoms with E-state index in [-0.39, 0.29) is 0 Å². The number of thioether (sulfide) groups is 1. The van der Waals surface area contributed by atoms with Crippen molar-refractivity contribution in [3.63, 3.8) is 0 Å². The van der Waals surface area contributed by atoms with Crippen LogP contribution in [0.2, 0.25) is 0 Å². The molecular formula is C18H25NOS. The SMILES string of the molecule is CCSCC(C)NC(C)c1ccc2cc(OC)ccc2c1. The number of nitrogens with one attached hydrogen (secondary N) is 1. The van der Waals surface area contributed by atoms with Gasteiger partial charge < -0.3 is 10.1 Å². The van der Waals surface area contributed by atoms with Gasteiger partial charge in [-0.1, -0.05) is 25.1 Å². The van der Waals surface area contributed by atoms with E-state index in [1.54, 1.807) is 7.11 Å². The third-order valence-corrected chi connectivity index (χ3v) is 4.82. The molecule has 2 aromatic carbocycles. The Morgan fingerprint density at radius 2 is 1.81 bits per heavy atom. The predicted octanol–water partition coefficient (Wildman–Crippen LogP) is 4.64. The summed E-state index contributed by atoms with van der Waals surface area (Å²) in [7, 11) is 1.71. The zero-order valence-corrected chi connectivity index (χ0v) is 14.2. The maximum Gasteiger partial charge on any atom is 0.119 e. The summed E-state index contributed by atoms with van der Waals surface area (Å²) in [4.78, 5) is 0. The van der Waals surface area contributed by atoms with Gasteiger partial charge in [-0.2, -0.15) is 11.8 Å². The first-order chi connectivity index (χ1) is 10.1. The molecule has 114 valence electrons. The van der Waals surface area contributed by atoms with Gasteiger partial charge in [-0.15, -0.1) is 0 Å². The summed E-state index contributed by atoms with van der Waals surface area (Å²) in [6, 6.07) is 13.8. The van der Waals surface area contributed by atoms with Gasteiger partial charge in [-0.05, 0) is 54.1 Å². The monoisotopic (exact) mass is 303 g/mol. The molecule has 0 bridgehead atoms. The molecule has 21 heavy (non-hydrogen) atoms. The number of methoxy groups -OCH3 is 1. The second-order valence-electron chi connectivity index (χ2n) is 5.42. The van der Waals surface area contributed by atoms with Gasteiger partial charge in [0.05, 0.1) is 7.11 Å². The summed E-state index contributed by atoms with van der Waals surface area (Å²) < 4.78 is 5.28. The van der Waals surface area contributed by atoms with E-state index >= 15 is 0 Å². The van der Waals surface area contributed by atoms with Gasteiger partial charge in [0.25, 0.3) is 0 Å². The Hall–Kier alpha value is -1.19. The Kier molecular flexibility index (Phi) is 5.95. The number of hydrogen-bond donors (Lipinski definition) is 1. The first-order valence-corrected chi connectivity index (χ1v) is 8.71. The lowest BCUT2D eigenvalue weighted by molar-refractivity contribution is 0.415. The minimum atomic E-state index is 0.365. The van der Waals surface area contributed by atoms with E-state index in [1.807, 2.05) is 17.8 Å². The highest BCUT2D eigenvalue weighted by Crippen LogP contribution is 2.24. The molecule has 0 aromatic heterocycles. The maximum absolute atomic E-state index is 5.28. The highest BCUT2D eigenvalue weighted by molar-refractivity contribution is 7.99. The molecule has 1 N–H and O–H groups in total. The van der Waals surface area contributed by atoms with Crippen LogP contribution in [0.3, 0.4) is 0 Å². The summed E-state index contributed by atoms with van der Waals surface area (Å²) >= 11 is 1.98. The second-order valence-corrected chi connectivity index (χ2v) is 6.74. The number of benzene rings is 2. The summed E-state index contributed by atoms with van der Waals surface area (Å²) in [6.45, 7) is 6.70. The van der Waals surface area contributed by atoms with E-state index in [0.717, 1.165) is 11.5 Å². The van der Waals surface area contributed by atoms with E-state index in [4.69, 9.17) is 4.74 Å². The van der Waals surface area contributed by atoms with Crippen molar-refractivity contribution in [3.8, 4) is 5.75 Å². The molecular weight excluding hydrogens is 278 g/mol. The van der Waals surface area contributed by atoms with Gasteiger partial charge in [-0.25, -0.2) is 0 Å². The molecule has 3 heteroatoms. The molecule has 2 aromatic rings. The fraction of sp³-hybridized carbons (Fsp3) is 0.444. The lowest BCUT2D eigenvalue weighted by Gasteiger charge is -2.20. The Balaban J connectivity index is 2.11. The van der Waals surface area contributed by atoms with Gasteiger partial charge in [0.2, 0.25) is 0 Å². The van der Waals surface area contributed by atoms with Crippen LogP contribution in [0.4, 0.5) is 0 Å². The van der Waals surface area contributed by atoms with Crippen LogP contribution >= 0.6 is 11.8 Å². The molecule has 0 aliphatic carbocycles. The second kappa shape index (κ2) is 7.71. The van der Waals surface area contributed by atoms with Gasteiger partial charge in [0, 0.05) is 17.8 Å². The van der Waals surface area contributed by atoms with Crippen LogP contribution in [-0.4, -0.2) is 24.7 Å². The molecule has 2 atom stereocenters. The van der Waals surface area contributed by atoms with Crippen LogP contribution in [0, 0.1) is 0 Å². The van der Waals surface area contributed by atoms with Crippen LogP contribution in [0.15, 0.2) is 36.4 Å². The summed E-state index contributed by atoms with van der Waals surface area (Å²) in [5.41, 5.74) is 1.33. The topological polar surface area (TPSA) is 21.3 Å². The van der Waals surface area contributed by atoms with Crippen molar-refractivity contribution < 1.29 is 4.74 Å². The van der Waals surface area contributed by atoms with E-state index in [0.29, 0.717) is 12.1 Å². The summed E-state index contributed by atoms with van der Waals surface area (Å²) in [6.07, 6.45) is 0. The van der Waals surface area contributed by atoms with E-state index in [9.17, 15) is 0 Å². The van der Waals surface area contributed by atoms with Crippen LogP contribution in [0.1, 0.15) is 32.4 Å². The third kappa shape index (κ3) is 4.39. The highest BCUT2D eigenvalue weighted by Gasteiger charge is 2.10. The first-order valence-electron chi connectivity index (χ1n) is 7.55. The molecule has 0 saturated carbocycles. The lowest BCUT2D eigenvalue weighted by Crippen LogP contribution is -2.30. The highest BCUT2D eigenvalue weighted by atomic mass is 32.2. The quantitative estimate of drug-likeness (QED) is 0.805. The normalized spacial score (nSPS) is 14.1. The lowest BCUT2D eigenvalue weighted by atomic mass is 10.0. The fourth-order valence-corrected chi connectivity index (χ4v) is 3.19. The van der Waals surface area contributed by atoms with Crippen LogP contribution in [0.5, 0.6) is 5.75 Å². The largest absolute Gasteiger partial charge is 0.497 e. The number of hydrogen-bond acceptors (Lipinski definition) is 3. The Labute approximate surface area is 132 Å². The van der Waals surface area contributed by atoms with Gasteiger partial charge in [0.15, 0.2) is 0 Å². The number of ether oxygens (including phenoxy) is 1. The van der Waals surface area contributed by atoms with Gasteiger partial charge >= 0.3 is 0 Å². The Bertz CT molecular complexity index is 584. The van der Waals surface area contributed by atoms with Crippen molar-refractivity contribution in [2.75, 3.05) is 18.6 Å². The molecule has 0 radical (unpaired) electrons.